The number of carbonyl (C=O) groups is 1. The highest BCUT2D eigenvalue weighted by atomic mass is 32.2. The molecule has 39 heavy (non-hydrogen) atoms. The van der Waals surface area contributed by atoms with Gasteiger partial charge in [0, 0.05) is 17.5 Å². The van der Waals surface area contributed by atoms with Gasteiger partial charge < -0.3 is 4.90 Å². The number of carbonyl (C=O) groups excluding carboxylic acids is 1. The normalized spacial score (nSPS) is 14.6. The SMILES string of the molecule is Cc1ccsc1CN(Cc1ccc(F)cc1)C(=O)CN(C1CCCCC1)S(=O)(=O)c1ccc2ccccc2c1. The van der Waals surface area contributed by atoms with E-state index in [0.717, 1.165) is 58.9 Å². The van der Waals surface area contributed by atoms with E-state index >= 15 is 0 Å². The zero-order chi connectivity index (χ0) is 27.4. The minimum atomic E-state index is -3.93. The summed E-state index contributed by atoms with van der Waals surface area (Å²) in [5.74, 6) is -0.599. The lowest BCUT2D eigenvalue weighted by Crippen LogP contribution is -2.47. The third-order valence-corrected chi connectivity index (χ3v) is 10.4. The fourth-order valence-corrected chi connectivity index (χ4v) is 7.85. The minimum absolute atomic E-state index is 0.207. The fourth-order valence-electron chi connectivity index (χ4n) is 5.26. The molecule has 1 aliphatic carbocycles. The van der Waals surface area contributed by atoms with Crippen molar-refractivity contribution in [1.82, 2.24) is 9.21 Å². The first-order valence-corrected chi connectivity index (χ1v) is 15.7. The number of hydrogen-bond donors (Lipinski definition) is 0. The van der Waals surface area contributed by atoms with Gasteiger partial charge in [0.2, 0.25) is 15.9 Å². The van der Waals surface area contributed by atoms with E-state index in [-0.39, 0.29) is 35.8 Å². The Hall–Kier alpha value is -3.07. The molecule has 1 heterocycles. The number of rotatable bonds is 9. The highest BCUT2D eigenvalue weighted by Crippen LogP contribution is 2.30. The predicted molar refractivity (Wildman–Crippen MR) is 154 cm³/mol. The van der Waals surface area contributed by atoms with Gasteiger partial charge in [0.05, 0.1) is 18.0 Å². The number of nitrogens with zero attached hydrogens (tertiary/aromatic N) is 2. The van der Waals surface area contributed by atoms with Crippen LogP contribution in [0.15, 0.2) is 83.1 Å². The molecule has 0 aliphatic heterocycles. The molecule has 1 aliphatic rings. The number of hydrogen-bond acceptors (Lipinski definition) is 4. The van der Waals surface area contributed by atoms with Gasteiger partial charge in [0.1, 0.15) is 5.82 Å². The molecule has 3 aromatic carbocycles. The van der Waals surface area contributed by atoms with Gasteiger partial charge in [-0.2, -0.15) is 4.31 Å². The fraction of sp³-hybridized carbons (Fsp3) is 0.323. The van der Waals surface area contributed by atoms with Crippen LogP contribution in [0, 0.1) is 12.7 Å². The van der Waals surface area contributed by atoms with Crippen molar-refractivity contribution in [1.29, 1.82) is 0 Å². The molecule has 1 fully saturated rings. The molecule has 0 atom stereocenters. The lowest BCUT2D eigenvalue weighted by atomic mass is 9.95. The molecule has 0 saturated heterocycles. The monoisotopic (exact) mass is 564 g/mol. The molecule has 204 valence electrons. The Morgan fingerprint density at radius 2 is 1.64 bits per heavy atom. The number of aryl methyl sites for hydroxylation is 1. The largest absolute Gasteiger partial charge is 0.332 e. The predicted octanol–water partition coefficient (Wildman–Crippen LogP) is 6.90. The summed E-state index contributed by atoms with van der Waals surface area (Å²) in [6.45, 7) is 2.41. The Bertz CT molecular complexity index is 1540. The molecule has 5 rings (SSSR count). The second-order valence-electron chi connectivity index (χ2n) is 10.3. The minimum Gasteiger partial charge on any atom is -0.332 e. The van der Waals surface area contributed by atoms with Gasteiger partial charge in [0.25, 0.3) is 0 Å². The van der Waals surface area contributed by atoms with E-state index in [1.54, 1.807) is 40.5 Å². The summed E-state index contributed by atoms with van der Waals surface area (Å²) < 4.78 is 43.2. The van der Waals surface area contributed by atoms with Crippen molar-refractivity contribution < 1.29 is 17.6 Å². The first kappa shape index (κ1) is 27.5. The number of amides is 1. The summed E-state index contributed by atoms with van der Waals surface area (Å²) in [5, 5.41) is 3.80. The maximum atomic E-state index is 14.1. The number of thiophene rings is 1. The van der Waals surface area contributed by atoms with E-state index in [9.17, 15) is 17.6 Å². The third-order valence-electron chi connectivity index (χ3n) is 7.54. The van der Waals surface area contributed by atoms with Crippen LogP contribution in [0.1, 0.15) is 48.1 Å². The molecule has 0 N–H and O–H groups in total. The van der Waals surface area contributed by atoms with Gasteiger partial charge in [-0.25, -0.2) is 12.8 Å². The van der Waals surface area contributed by atoms with Crippen molar-refractivity contribution in [2.75, 3.05) is 6.54 Å². The van der Waals surface area contributed by atoms with Crippen molar-refractivity contribution >= 4 is 38.0 Å². The standard InChI is InChI=1S/C31H33FN2O3S2/c1-23-17-18-38-30(23)21-33(20-24-11-14-27(32)15-12-24)31(35)22-34(28-9-3-2-4-10-28)39(36,37)29-16-13-25-7-5-6-8-26(25)19-29/h5-8,11-19,28H,2-4,9-10,20-22H2,1H3. The maximum absolute atomic E-state index is 14.1. The van der Waals surface area contributed by atoms with Gasteiger partial charge in [-0.05, 0) is 77.4 Å². The smallest absolute Gasteiger partial charge is 0.243 e. The summed E-state index contributed by atoms with van der Waals surface area (Å²) in [6.07, 6.45) is 4.43. The molecular weight excluding hydrogens is 531 g/mol. The van der Waals surface area contributed by atoms with Gasteiger partial charge in [-0.1, -0.05) is 61.7 Å². The number of sulfonamides is 1. The summed E-state index contributed by atoms with van der Waals surface area (Å²) in [7, 11) is -3.93. The molecule has 1 saturated carbocycles. The average Bonchev–Trinajstić information content (AvgIpc) is 3.36. The van der Waals surface area contributed by atoms with Crippen LogP contribution in [0.3, 0.4) is 0 Å². The third kappa shape index (κ3) is 6.40. The Morgan fingerprint density at radius 1 is 0.923 bits per heavy atom. The van der Waals surface area contributed by atoms with Gasteiger partial charge in [-0.3, -0.25) is 4.79 Å². The molecule has 0 bridgehead atoms. The quantitative estimate of drug-likeness (QED) is 0.222. The number of benzene rings is 3. The van der Waals surface area contributed by atoms with Gasteiger partial charge >= 0.3 is 0 Å². The van der Waals surface area contributed by atoms with Crippen LogP contribution in [0.5, 0.6) is 0 Å². The summed E-state index contributed by atoms with van der Waals surface area (Å²) in [4.78, 5) is 16.9. The second kappa shape index (κ2) is 12.0. The van der Waals surface area contributed by atoms with Gasteiger partial charge in [-0.15, -0.1) is 11.3 Å². The molecule has 5 nitrogen and oxygen atoms in total. The number of fused-ring (bicyclic) bond motifs is 1. The van der Waals surface area contributed by atoms with Crippen molar-refractivity contribution in [3.8, 4) is 0 Å². The van der Waals surface area contributed by atoms with E-state index in [1.807, 2.05) is 48.7 Å². The summed E-state index contributed by atoms with van der Waals surface area (Å²) in [6, 6.07) is 20.7. The van der Waals surface area contributed by atoms with Crippen LogP contribution in [0.4, 0.5) is 4.39 Å². The number of halogens is 1. The molecular formula is C31H33FN2O3S2. The van der Waals surface area contributed by atoms with Crippen molar-refractivity contribution in [3.63, 3.8) is 0 Å². The zero-order valence-corrected chi connectivity index (χ0v) is 23.7. The first-order valence-electron chi connectivity index (χ1n) is 13.4. The zero-order valence-electron chi connectivity index (χ0n) is 22.1. The molecule has 4 aromatic rings. The van der Waals surface area contributed by atoms with Crippen LogP contribution in [-0.4, -0.2) is 36.1 Å². The van der Waals surface area contributed by atoms with Crippen LogP contribution in [0.25, 0.3) is 10.8 Å². The highest BCUT2D eigenvalue weighted by Gasteiger charge is 2.35. The Labute approximate surface area is 233 Å². The van der Waals surface area contributed by atoms with Crippen LogP contribution in [-0.2, 0) is 27.9 Å². The second-order valence-corrected chi connectivity index (χ2v) is 13.1. The van der Waals surface area contributed by atoms with E-state index in [2.05, 4.69) is 0 Å². The van der Waals surface area contributed by atoms with E-state index in [4.69, 9.17) is 0 Å². The molecule has 8 heteroatoms. The molecule has 1 aromatic heterocycles. The van der Waals surface area contributed by atoms with Crippen molar-refractivity contribution in [3.05, 3.63) is 100.0 Å². The first-order chi connectivity index (χ1) is 18.8. The Kier molecular flexibility index (Phi) is 8.45. The van der Waals surface area contributed by atoms with Crippen LogP contribution in [0.2, 0.25) is 0 Å². The van der Waals surface area contributed by atoms with Gasteiger partial charge in [0.15, 0.2) is 0 Å². The van der Waals surface area contributed by atoms with E-state index < -0.39 is 10.0 Å². The molecule has 0 radical (unpaired) electrons. The molecule has 1 amide bonds. The Morgan fingerprint density at radius 3 is 2.33 bits per heavy atom. The van der Waals surface area contributed by atoms with Crippen molar-refractivity contribution in [2.45, 2.75) is 63.1 Å². The van der Waals surface area contributed by atoms with E-state index in [0.29, 0.717) is 6.54 Å². The molecule has 0 spiro atoms. The van der Waals surface area contributed by atoms with Crippen LogP contribution >= 0.6 is 11.3 Å². The maximum Gasteiger partial charge on any atom is 0.243 e. The summed E-state index contributed by atoms with van der Waals surface area (Å²) >= 11 is 1.57. The summed E-state index contributed by atoms with van der Waals surface area (Å²) in [5.41, 5.74) is 1.88. The van der Waals surface area contributed by atoms with E-state index in [1.165, 1.54) is 16.4 Å². The topological polar surface area (TPSA) is 57.7 Å². The lowest BCUT2D eigenvalue weighted by molar-refractivity contribution is -0.133. The van der Waals surface area contributed by atoms with Crippen molar-refractivity contribution in [2.24, 2.45) is 0 Å². The molecule has 0 unspecified atom stereocenters. The highest BCUT2D eigenvalue weighted by molar-refractivity contribution is 7.89. The average molecular weight is 565 g/mol. The lowest BCUT2D eigenvalue weighted by Gasteiger charge is -2.34. The Balaban J connectivity index is 1.47. The van der Waals surface area contributed by atoms with Crippen LogP contribution < -0.4 is 0 Å².